The molecule has 2 atom stereocenters. The van der Waals surface area contributed by atoms with Gasteiger partial charge in [0, 0.05) is 23.1 Å². The summed E-state index contributed by atoms with van der Waals surface area (Å²) >= 11 is 1.48. The minimum Gasteiger partial charge on any atom is -0.446 e. The number of thiophene rings is 1. The minimum atomic E-state index is -4.82. The molecule has 2 amide bonds. The number of nitrogens with one attached hydrogen (secondary N) is 1. The fourth-order valence-corrected chi connectivity index (χ4v) is 5.27. The molecule has 198 valence electrons. The van der Waals surface area contributed by atoms with E-state index in [0.29, 0.717) is 36.2 Å². The Balaban J connectivity index is 1.78. The van der Waals surface area contributed by atoms with Gasteiger partial charge >= 0.3 is 12.5 Å². The number of aromatic nitrogens is 1. The Morgan fingerprint density at radius 3 is 2.59 bits per heavy atom. The van der Waals surface area contributed by atoms with Crippen LogP contribution >= 0.6 is 11.3 Å². The van der Waals surface area contributed by atoms with Crippen LogP contribution in [0.5, 0.6) is 5.75 Å². The summed E-state index contributed by atoms with van der Waals surface area (Å²) in [6.07, 6.45) is -5.05. The lowest BCUT2D eigenvalue weighted by molar-refractivity contribution is -0.274. The zero-order chi connectivity index (χ0) is 27.0. The van der Waals surface area contributed by atoms with E-state index in [0.717, 1.165) is 11.3 Å². The van der Waals surface area contributed by atoms with Crippen molar-refractivity contribution in [2.45, 2.75) is 52.1 Å². The van der Waals surface area contributed by atoms with Crippen molar-refractivity contribution < 1.29 is 32.2 Å². The van der Waals surface area contributed by atoms with Crippen molar-refractivity contribution in [3.63, 3.8) is 0 Å². The summed E-state index contributed by atoms with van der Waals surface area (Å²) in [4.78, 5) is 24.4. The van der Waals surface area contributed by atoms with Gasteiger partial charge < -0.3 is 25.1 Å². The van der Waals surface area contributed by atoms with Crippen molar-refractivity contribution in [3.05, 3.63) is 52.9 Å². The van der Waals surface area contributed by atoms with Gasteiger partial charge in [-0.05, 0) is 53.5 Å². The number of fused-ring (bicyclic) bond motifs is 1. The molecule has 7 nitrogen and oxygen atoms in total. The number of amides is 2. The molecule has 1 aromatic carbocycles. The normalized spacial score (nSPS) is 16.6. The lowest BCUT2D eigenvalue weighted by Gasteiger charge is -2.33. The monoisotopic (exact) mass is 535 g/mol. The molecule has 0 radical (unpaired) electrons. The van der Waals surface area contributed by atoms with E-state index >= 15 is 0 Å². The highest BCUT2D eigenvalue weighted by Gasteiger charge is 2.34. The molecule has 0 bridgehead atoms. The highest BCUT2D eigenvalue weighted by molar-refractivity contribution is 7.08. The molecule has 37 heavy (non-hydrogen) atoms. The first-order valence-corrected chi connectivity index (χ1v) is 12.7. The molecule has 1 unspecified atom stereocenters. The molecule has 3 N–H and O–H groups in total. The van der Waals surface area contributed by atoms with Gasteiger partial charge in [-0.2, -0.15) is 11.3 Å². The van der Waals surface area contributed by atoms with Gasteiger partial charge in [0.2, 0.25) is 0 Å². The summed E-state index contributed by atoms with van der Waals surface area (Å²) in [7, 11) is 0. The Morgan fingerprint density at radius 2 is 1.97 bits per heavy atom. The highest BCUT2D eigenvalue weighted by atomic mass is 32.1. The molecule has 1 aliphatic heterocycles. The number of hydrogen-bond donors (Lipinski definition) is 2. The van der Waals surface area contributed by atoms with E-state index in [2.05, 4.69) is 10.1 Å². The van der Waals surface area contributed by atoms with Crippen molar-refractivity contribution >= 4 is 23.3 Å². The van der Waals surface area contributed by atoms with Gasteiger partial charge in [-0.1, -0.05) is 32.9 Å². The van der Waals surface area contributed by atoms with E-state index in [9.17, 15) is 22.8 Å². The quantitative estimate of drug-likeness (QED) is 0.368. The largest absolute Gasteiger partial charge is 0.573 e. The highest BCUT2D eigenvalue weighted by Crippen LogP contribution is 2.42. The van der Waals surface area contributed by atoms with Crippen LogP contribution in [0.1, 0.15) is 50.1 Å². The predicted molar refractivity (Wildman–Crippen MR) is 134 cm³/mol. The number of primary amides is 1. The zero-order valence-corrected chi connectivity index (χ0v) is 21.4. The molecular formula is C26H28F3N3O4S. The number of ether oxygens (including phenoxy) is 2. The topological polar surface area (TPSA) is 95.6 Å². The Morgan fingerprint density at radius 1 is 1.22 bits per heavy atom. The standard InChI is InChI=1S/C26H28F3N3O4S/c1-25(2,3)21(35-24(30)34)8-7-17-13-31-23(33)20-12-19(22(32(17)20)16-9-10-37-14-16)15-5-4-6-18(11-15)36-26(27,28)29/h4-6,9-12,14,17,21H,7-8,13H2,1-3H3,(H2,30,34)(H,31,33)/t17-,21?/m0/s1. The van der Waals surface area contributed by atoms with Gasteiger partial charge in [0.25, 0.3) is 5.91 Å². The van der Waals surface area contributed by atoms with Gasteiger partial charge in [0.1, 0.15) is 17.5 Å². The fraction of sp³-hybridized carbons (Fsp3) is 0.385. The number of nitrogens with two attached hydrogens (primary N) is 1. The number of benzene rings is 1. The fourth-order valence-electron chi connectivity index (χ4n) is 4.63. The Kier molecular flexibility index (Phi) is 7.27. The summed E-state index contributed by atoms with van der Waals surface area (Å²) in [5, 5.41) is 6.74. The molecule has 0 spiro atoms. The second kappa shape index (κ2) is 10.1. The van der Waals surface area contributed by atoms with Crippen LogP contribution in [-0.4, -0.2) is 35.6 Å². The van der Waals surface area contributed by atoms with Crippen LogP contribution in [0.2, 0.25) is 0 Å². The summed E-state index contributed by atoms with van der Waals surface area (Å²) in [5.74, 6) is -0.620. The maximum absolute atomic E-state index is 12.9. The van der Waals surface area contributed by atoms with Gasteiger partial charge in [-0.3, -0.25) is 4.79 Å². The van der Waals surface area contributed by atoms with E-state index < -0.39 is 18.6 Å². The second-order valence-corrected chi connectivity index (χ2v) is 10.8. The first-order valence-electron chi connectivity index (χ1n) is 11.7. The Hall–Kier alpha value is -3.47. The van der Waals surface area contributed by atoms with Crippen LogP contribution in [-0.2, 0) is 4.74 Å². The first-order chi connectivity index (χ1) is 17.3. The van der Waals surface area contributed by atoms with Gasteiger partial charge in [-0.25, -0.2) is 4.79 Å². The van der Waals surface area contributed by atoms with Crippen LogP contribution in [0.15, 0.2) is 47.2 Å². The molecule has 0 saturated carbocycles. The molecule has 4 rings (SSSR count). The molecule has 11 heteroatoms. The van der Waals surface area contributed by atoms with E-state index in [-0.39, 0.29) is 23.1 Å². The number of nitrogens with zero attached hydrogens (tertiary/aromatic N) is 1. The van der Waals surface area contributed by atoms with E-state index in [1.54, 1.807) is 12.1 Å². The van der Waals surface area contributed by atoms with Gasteiger partial charge in [0.15, 0.2) is 0 Å². The number of carbonyl (C=O) groups is 2. The summed E-state index contributed by atoms with van der Waals surface area (Å²) in [6, 6.07) is 9.13. The summed E-state index contributed by atoms with van der Waals surface area (Å²) < 4.78 is 50.0. The summed E-state index contributed by atoms with van der Waals surface area (Å²) in [5.41, 5.74) is 8.01. The maximum Gasteiger partial charge on any atom is 0.573 e. The third kappa shape index (κ3) is 6.10. The molecule has 2 aromatic heterocycles. The number of hydrogen-bond acceptors (Lipinski definition) is 5. The van der Waals surface area contributed by atoms with Crippen molar-refractivity contribution in [2.75, 3.05) is 6.54 Å². The molecular weight excluding hydrogens is 507 g/mol. The Labute approximate surface area is 216 Å². The van der Waals surface area contributed by atoms with E-state index in [1.165, 1.54) is 29.5 Å². The third-order valence-electron chi connectivity index (χ3n) is 6.29. The van der Waals surface area contributed by atoms with Crippen LogP contribution in [0.4, 0.5) is 18.0 Å². The number of halogens is 3. The Bertz CT molecular complexity index is 1280. The average Bonchev–Trinajstić information content (AvgIpc) is 3.44. The predicted octanol–water partition coefficient (Wildman–Crippen LogP) is 6.36. The third-order valence-corrected chi connectivity index (χ3v) is 6.98. The van der Waals surface area contributed by atoms with Crippen molar-refractivity contribution in [1.82, 2.24) is 9.88 Å². The average molecular weight is 536 g/mol. The first kappa shape index (κ1) is 26.6. The summed E-state index contributed by atoms with van der Waals surface area (Å²) in [6.45, 7) is 6.21. The number of alkyl halides is 3. The lowest BCUT2D eigenvalue weighted by atomic mass is 9.85. The zero-order valence-electron chi connectivity index (χ0n) is 20.6. The molecule has 0 saturated heterocycles. The SMILES string of the molecule is CC(C)(C)C(CC[C@H]1CNC(=O)c2cc(-c3cccc(OC(F)(F)F)c3)c(-c3ccsc3)n21)OC(N)=O. The second-order valence-electron chi connectivity index (χ2n) is 9.98. The van der Waals surface area contributed by atoms with Gasteiger partial charge in [-0.15, -0.1) is 13.2 Å². The maximum atomic E-state index is 12.9. The van der Waals surface area contributed by atoms with E-state index in [4.69, 9.17) is 10.5 Å². The smallest absolute Gasteiger partial charge is 0.446 e. The van der Waals surface area contributed by atoms with Crippen LogP contribution < -0.4 is 15.8 Å². The number of rotatable bonds is 7. The molecule has 0 fully saturated rings. The van der Waals surface area contributed by atoms with Crippen LogP contribution in [0, 0.1) is 5.41 Å². The van der Waals surface area contributed by atoms with Crippen LogP contribution in [0.25, 0.3) is 22.4 Å². The molecule has 3 heterocycles. The van der Waals surface area contributed by atoms with Crippen molar-refractivity contribution in [2.24, 2.45) is 11.1 Å². The lowest BCUT2D eigenvalue weighted by Crippen LogP contribution is -2.40. The van der Waals surface area contributed by atoms with Gasteiger partial charge in [0.05, 0.1) is 11.7 Å². The molecule has 1 aliphatic rings. The van der Waals surface area contributed by atoms with Crippen LogP contribution in [0.3, 0.4) is 0 Å². The van der Waals surface area contributed by atoms with Crippen molar-refractivity contribution in [1.29, 1.82) is 0 Å². The molecule has 0 aliphatic carbocycles. The van der Waals surface area contributed by atoms with Crippen molar-refractivity contribution in [3.8, 4) is 28.1 Å². The number of carbonyl (C=O) groups excluding carboxylic acids is 2. The van der Waals surface area contributed by atoms with E-state index in [1.807, 2.05) is 42.2 Å². The molecule has 3 aromatic rings. The minimum absolute atomic E-state index is 0.188.